The van der Waals surface area contributed by atoms with Gasteiger partial charge in [0.2, 0.25) is 5.91 Å². The lowest BCUT2D eigenvalue weighted by Crippen LogP contribution is -2.47. The van der Waals surface area contributed by atoms with E-state index >= 15 is 0 Å². The topological polar surface area (TPSA) is 44.4 Å². The van der Waals surface area contributed by atoms with E-state index in [9.17, 15) is 4.79 Å². The molecule has 2 heterocycles. The van der Waals surface area contributed by atoms with E-state index in [0.29, 0.717) is 5.91 Å². The Morgan fingerprint density at radius 3 is 2.55 bits per heavy atom. The first kappa shape index (κ1) is 15.8. The maximum Gasteiger partial charge on any atom is 0.226 e. The highest BCUT2D eigenvalue weighted by atomic mass is 16.2. The second-order valence-corrected chi connectivity index (χ2v) is 6.40. The molecule has 0 aliphatic carbocycles. The van der Waals surface area contributed by atoms with Gasteiger partial charge in [-0.15, -0.1) is 0 Å². The molecule has 4 nitrogen and oxygen atoms in total. The van der Waals surface area contributed by atoms with Crippen molar-refractivity contribution in [2.75, 3.05) is 39.3 Å². The van der Waals surface area contributed by atoms with Crippen LogP contribution in [-0.4, -0.2) is 50.1 Å². The van der Waals surface area contributed by atoms with Crippen molar-refractivity contribution < 1.29 is 4.79 Å². The van der Waals surface area contributed by atoms with Crippen molar-refractivity contribution in [2.24, 2.45) is 5.41 Å². The molecule has 116 valence electrons. The van der Waals surface area contributed by atoms with Crippen LogP contribution in [-0.2, 0) is 4.79 Å². The van der Waals surface area contributed by atoms with Crippen molar-refractivity contribution in [2.45, 2.75) is 51.9 Å². The lowest BCUT2D eigenvalue weighted by molar-refractivity contribution is -0.132. The highest BCUT2D eigenvalue weighted by Crippen LogP contribution is 2.32. The molecule has 2 saturated heterocycles. The first-order chi connectivity index (χ1) is 9.77. The van der Waals surface area contributed by atoms with Crippen LogP contribution in [0.2, 0.25) is 0 Å². The number of hydrogen-bond acceptors (Lipinski definition) is 3. The van der Waals surface area contributed by atoms with Crippen LogP contribution in [0.25, 0.3) is 0 Å². The number of carbonyl (C=O) groups excluding carboxylic acids is 1. The molecule has 20 heavy (non-hydrogen) atoms. The maximum absolute atomic E-state index is 12.4. The zero-order valence-corrected chi connectivity index (χ0v) is 13.0. The third kappa shape index (κ3) is 4.19. The highest BCUT2D eigenvalue weighted by Gasteiger charge is 2.37. The number of rotatable bonds is 6. The molecule has 0 saturated carbocycles. The van der Waals surface area contributed by atoms with E-state index in [2.05, 4.69) is 22.5 Å². The van der Waals surface area contributed by atoms with Crippen molar-refractivity contribution in [1.82, 2.24) is 15.5 Å². The molecule has 1 amide bonds. The number of carbonyl (C=O) groups is 1. The van der Waals surface area contributed by atoms with Crippen LogP contribution in [0.5, 0.6) is 0 Å². The molecule has 0 aromatic rings. The predicted octanol–water partition coefficient (Wildman–Crippen LogP) is 1.76. The summed E-state index contributed by atoms with van der Waals surface area (Å²) in [4.78, 5) is 15.0. The Morgan fingerprint density at radius 1 is 1.20 bits per heavy atom. The first-order valence-corrected chi connectivity index (χ1v) is 8.48. The zero-order chi connectivity index (χ0) is 14.3. The summed E-state index contributed by atoms with van der Waals surface area (Å²) < 4.78 is 0. The van der Waals surface area contributed by atoms with Gasteiger partial charge in [-0.1, -0.05) is 13.3 Å². The molecule has 0 aromatic heterocycles. The summed E-state index contributed by atoms with van der Waals surface area (Å²) >= 11 is 0. The Kier molecular flexibility index (Phi) is 6.30. The number of nitrogens with zero attached hydrogens (tertiary/aromatic N) is 1. The van der Waals surface area contributed by atoms with Crippen LogP contribution in [0.15, 0.2) is 0 Å². The van der Waals surface area contributed by atoms with Crippen molar-refractivity contribution >= 4 is 5.91 Å². The number of likely N-dealkylation sites (tertiary alicyclic amines) is 1. The van der Waals surface area contributed by atoms with Gasteiger partial charge in [0.25, 0.3) is 0 Å². The molecule has 2 aliphatic heterocycles. The third-order valence-electron chi connectivity index (χ3n) is 5.10. The molecule has 2 aliphatic rings. The molecule has 0 atom stereocenters. The van der Waals surface area contributed by atoms with E-state index in [0.717, 1.165) is 51.9 Å². The molecule has 0 spiro atoms. The van der Waals surface area contributed by atoms with E-state index in [4.69, 9.17) is 0 Å². The van der Waals surface area contributed by atoms with Gasteiger partial charge in [-0.2, -0.15) is 0 Å². The summed E-state index contributed by atoms with van der Waals surface area (Å²) in [6.45, 7) is 8.59. The fourth-order valence-corrected chi connectivity index (χ4v) is 3.52. The molecule has 0 unspecified atom stereocenters. The van der Waals surface area contributed by atoms with Gasteiger partial charge in [-0.25, -0.2) is 0 Å². The lowest BCUT2D eigenvalue weighted by Gasteiger charge is -2.35. The van der Waals surface area contributed by atoms with Crippen molar-refractivity contribution in [3.63, 3.8) is 0 Å². The van der Waals surface area contributed by atoms with Crippen LogP contribution < -0.4 is 10.6 Å². The van der Waals surface area contributed by atoms with E-state index < -0.39 is 0 Å². The molecule has 0 radical (unpaired) electrons. The summed E-state index contributed by atoms with van der Waals surface area (Å²) in [6, 6.07) is 0. The summed E-state index contributed by atoms with van der Waals surface area (Å²) in [6.07, 6.45) is 8.11. The average molecular weight is 281 g/mol. The largest absolute Gasteiger partial charge is 0.356 e. The Hall–Kier alpha value is -0.610. The van der Waals surface area contributed by atoms with E-state index in [-0.39, 0.29) is 5.41 Å². The van der Waals surface area contributed by atoms with E-state index in [1.54, 1.807) is 0 Å². The molecule has 2 N–H and O–H groups in total. The Bertz CT molecular complexity index is 294. The first-order valence-electron chi connectivity index (χ1n) is 8.48. The second-order valence-electron chi connectivity index (χ2n) is 6.40. The number of piperidine rings is 2. The average Bonchev–Trinajstić information content (AvgIpc) is 2.53. The second kappa shape index (κ2) is 7.99. The Labute approximate surface area is 123 Å². The van der Waals surface area contributed by atoms with Gasteiger partial charge in [-0.05, 0) is 71.2 Å². The Balaban J connectivity index is 1.65. The van der Waals surface area contributed by atoms with Crippen molar-refractivity contribution in [3.8, 4) is 0 Å². The lowest BCUT2D eigenvalue weighted by atomic mass is 9.76. The summed E-state index contributed by atoms with van der Waals surface area (Å²) in [5.74, 6) is 0.292. The smallest absolute Gasteiger partial charge is 0.226 e. The molecule has 0 bridgehead atoms. The third-order valence-corrected chi connectivity index (χ3v) is 5.10. The number of nitrogens with one attached hydrogen (secondary N) is 2. The predicted molar refractivity (Wildman–Crippen MR) is 82.7 cm³/mol. The summed E-state index contributed by atoms with van der Waals surface area (Å²) in [5.41, 5.74) is -0.101. The SMILES string of the molecule is CCC1(C(=O)NCCCN2CCCCC2)CCNCC1. The minimum atomic E-state index is -0.101. The van der Waals surface area contributed by atoms with Gasteiger partial charge >= 0.3 is 0 Å². The van der Waals surface area contributed by atoms with Gasteiger partial charge < -0.3 is 15.5 Å². The van der Waals surface area contributed by atoms with Gasteiger partial charge in [0.1, 0.15) is 0 Å². The molecule has 2 rings (SSSR count). The molecule has 0 aromatic carbocycles. The number of amides is 1. The van der Waals surface area contributed by atoms with Gasteiger partial charge in [0.05, 0.1) is 5.41 Å². The van der Waals surface area contributed by atoms with E-state index in [1.165, 1.54) is 32.4 Å². The van der Waals surface area contributed by atoms with Gasteiger partial charge in [-0.3, -0.25) is 4.79 Å². The quantitative estimate of drug-likeness (QED) is 0.729. The van der Waals surface area contributed by atoms with Gasteiger partial charge in [0, 0.05) is 6.54 Å². The number of hydrogen-bond donors (Lipinski definition) is 2. The van der Waals surface area contributed by atoms with Crippen LogP contribution >= 0.6 is 0 Å². The highest BCUT2D eigenvalue weighted by molar-refractivity contribution is 5.82. The van der Waals surface area contributed by atoms with Crippen LogP contribution in [0.1, 0.15) is 51.9 Å². The van der Waals surface area contributed by atoms with Crippen LogP contribution in [0.4, 0.5) is 0 Å². The monoisotopic (exact) mass is 281 g/mol. The fraction of sp³-hybridized carbons (Fsp3) is 0.938. The van der Waals surface area contributed by atoms with Crippen molar-refractivity contribution in [3.05, 3.63) is 0 Å². The van der Waals surface area contributed by atoms with Gasteiger partial charge in [0.15, 0.2) is 0 Å². The zero-order valence-electron chi connectivity index (χ0n) is 13.0. The molecular weight excluding hydrogens is 250 g/mol. The molecular formula is C16H31N3O. The molecule has 2 fully saturated rings. The standard InChI is InChI=1S/C16H31N3O/c1-2-16(7-10-17-11-8-16)15(20)18-9-6-14-19-12-4-3-5-13-19/h17H,2-14H2,1H3,(H,18,20). The summed E-state index contributed by atoms with van der Waals surface area (Å²) in [5, 5.41) is 6.54. The maximum atomic E-state index is 12.4. The normalized spacial score (nSPS) is 23.4. The fourth-order valence-electron chi connectivity index (χ4n) is 3.52. The Morgan fingerprint density at radius 2 is 1.90 bits per heavy atom. The van der Waals surface area contributed by atoms with Crippen LogP contribution in [0.3, 0.4) is 0 Å². The van der Waals surface area contributed by atoms with E-state index in [1.807, 2.05) is 0 Å². The molecule has 4 heteroatoms. The summed E-state index contributed by atoms with van der Waals surface area (Å²) in [7, 11) is 0. The minimum absolute atomic E-state index is 0.101. The minimum Gasteiger partial charge on any atom is -0.356 e. The van der Waals surface area contributed by atoms with Crippen molar-refractivity contribution in [1.29, 1.82) is 0 Å². The van der Waals surface area contributed by atoms with Crippen LogP contribution in [0, 0.1) is 5.41 Å².